The topological polar surface area (TPSA) is 45.7 Å². The Balaban J connectivity index is 1.37. The van der Waals surface area contributed by atoms with Crippen molar-refractivity contribution in [1.82, 2.24) is 4.98 Å². The van der Waals surface area contributed by atoms with Gasteiger partial charge in [0.15, 0.2) is 0 Å². The lowest BCUT2D eigenvalue weighted by atomic mass is 9.96. The molecule has 2 saturated heterocycles. The Morgan fingerprint density at radius 2 is 1.97 bits per heavy atom. The molecule has 0 spiro atoms. The first-order chi connectivity index (χ1) is 14.0. The number of benzene rings is 1. The van der Waals surface area contributed by atoms with E-state index in [1.807, 2.05) is 24.4 Å². The summed E-state index contributed by atoms with van der Waals surface area (Å²) in [5.74, 6) is 2.22. The van der Waals surface area contributed by atoms with Crippen LogP contribution in [0.25, 0.3) is 0 Å². The fourth-order valence-electron chi connectivity index (χ4n) is 4.08. The molecular formula is C23H28ClN3O2. The van der Waals surface area contributed by atoms with E-state index in [0.717, 1.165) is 54.9 Å². The number of anilines is 2. The molecule has 0 radical (unpaired) electrons. The van der Waals surface area contributed by atoms with Crippen LogP contribution in [0.1, 0.15) is 44.6 Å². The smallest absolute Gasteiger partial charge is 0.149 e. The molecule has 0 saturated carbocycles. The molecule has 0 unspecified atom stereocenters. The van der Waals surface area contributed by atoms with Gasteiger partial charge in [-0.2, -0.15) is 0 Å². The number of hydrogen-bond acceptors (Lipinski definition) is 5. The summed E-state index contributed by atoms with van der Waals surface area (Å²) in [6.45, 7) is 7.51. The van der Waals surface area contributed by atoms with Crippen LogP contribution in [-0.2, 0) is 4.79 Å². The first kappa shape index (κ1) is 20.0. The number of aromatic nitrogens is 1. The van der Waals surface area contributed by atoms with Crippen LogP contribution in [0.3, 0.4) is 0 Å². The minimum Gasteiger partial charge on any atom is -0.489 e. The molecule has 2 fully saturated rings. The molecular weight excluding hydrogens is 386 g/mol. The Kier molecular flexibility index (Phi) is 5.95. The number of hydrogen-bond donors (Lipinski definition) is 0. The quantitative estimate of drug-likeness (QED) is 0.659. The van der Waals surface area contributed by atoms with Crippen LogP contribution in [0.2, 0.25) is 5.02 Å². The lowest BCUT2D eigenvalue weighted by Gasteiger charge is -2.33. The molecule has 1 aromatic carbocycles. The standard InChI is InChI=1S/C23H28ClN3O2/c1-16(14-17(2)28)18-4-6-19(7-5-18)29-20-9-13-27(15-20)21-8-10-25-23(22(21)24)26-11-3-12-26/h4-8,10,16,20H,3,9,11-15H2,1-2H3/t16-,20-/m1/s1. The van der Waals surface area contributed by atoms with Crippen LogP contribution in [0.15, 0.2) is 36.5 Å². The van der Waals surface area contributed by atoms with Crippen molar-refractivity contribution in [3.05, 3.63) is 47.1 Å². The molecule has 1 aromatic heterocycles. The second-order valence-corrected chi connectivity index (χ2v) is 8.54. The van der Waals surface area contributed by atoms with Crippen molar-refractivity contribution in [2.45, 2.75) is 45.1 Å². The average molecular weight is 414 g/mol. The Morgan fingerprint density at radius 1 is 1.21 bits per heavy atom. The summed E-state index contributed by atoms with van der Waals surface area (Å²) in [6, 6.07) is 10.1. The van der Waals surface area contributed by atoms with Gasteiger partial charge in [-0.1, -0.05) is 30.7 Å². The van der Waals surface area contributed by atoms with Crippen LogP contribution in [-0.4, -0.2) is 43.1 Å². The zero-order chi connectivity index (χ0) is 20.4. The Labute approximate surface area is 177 Å². The average Bonchev–Trinajstić information content (AvgIpc) is 3.10. The van der Waals surface area contributed by atoms with E-state index in [1.54, 1.807) is 6.92 Å². The van der Waals surface area contributed by atoms with Gasteiger partial charge in [0.05, 0.1) is 12.2 Å². The summed E-state index contributed by atoms with van der Waals surface area (Å²) in [6.07, 6.45) is 4.72. The molecule has 2 aliphatic heterocycles. The third kappa shape index (κ3) is 4.50. The second-order valence-electron chi connectivity index (χ2n) is 8.16. The van der Waals surface area contributed by atoms with E-state index in [0.29, 0.717) is 6.42 Å². The van der Waals surface area contributed by atoms with Crippen molar-refractivity contribution in [2.24, 2.45) is 0 Å². The van der Waals surface area contributed by atoms with Gasteiger partial charge in [0.25, 0.3) is 0 Å². The number of carbonyl (C=O) groups is 1. The van der Waals surface area contributed by atoms with Crippen LogP contribution in [0.5, 0.6) is 5.75 Å². The Bertz CT molecular complexity index is 867. The third-order valence-electron chi connectivity index (χ3n) is 5.84. The number of Topliss-reactive ketones (excluding diaryl/α,β-unsaturated/α-hetero) is 1. The number of ketones is 1. The number of rotatable bonds is 7. The summed E-state index contributed by atoms with van der Waals surface area (Å²) >= 11 is 6.68. The molecule has 154 valence electrons. The molecule has 2 aliphatic rings. The fourth-order valence-corrected chi connectivity index (χ4v) is 4.43. The van der Waals surface area contributed by atoms with Crippen molar-refractivity contribution in [1.29, 1.82) is 0 Å². The summed E-state index contributed by atoms with van der Waals surface area (Å²) < 4.78 is 6.22. The van der Waals surface area contributed by atoms with E-state index in [4.69, 9.17) is 16.3 Å². The lowest BCUT2D eigenvalue weighted by Crippen LogP contribution is -2.38. The number of halogens is 1. The highest BCUT2D eigenvalue weighted by Crippen LogP contribution is 2.37. The zero-order valence-corrected chi connectivity index (χ0v) is 17.9. The van der Waals surface area contributed by atoms with Gasteiger partial charge in [-0.05, 0) is 43.0 Å². The number of nitrogens with zero attached hydrogens (tertiary/aromatic N) is 3. The highest BCUT2D eigenvalue weighted by Gasteiger charge is 2.28. The maximum Gasteiger partial charge on any atom is 0.149 e. The molecule has 5 nitrogen and oxygen atoms in total. The number of carbonyl (C=O) groups excluding carboxylic acids is 1. The molecule has 2 aromatic rings. The minimum atomic E-state index is 0.132. The van der Waals surface area contributed by atoms with Gasteiger partial charge in [0, 0.05) is 38.7 Å². The second kappa shape index (κ2) is 8.62. The van der Waals surface area contributed by atoms with E-state index in [9.17, 15) is 4.79 Å². The van der Waals surface area contributed by atoms with Crippen LogP contribution < -0.4 is 14.5 Å². The zero-order valence-electron chi connectivity index (χ0n) is 17.1. The Hall–Kier alpha value is -2.27. The molecule has 29 heavy (non-hydrogen) atoms. The normalized spacial score (nSPS) is 19.8. The fraction of sp³-hybridized carbons (Fsp3) is 0.478. The minimum absolute atomic E-state index is 0.132. The third-order valence-corrected chi connectivity index (χ3v) is 6.20. The van der Waals surface area contributed by atoms with E-state index >= 15 is 0 Å². The summed E-state index contributed by atoms with van der Waals surface area (Å²) in [4.78, 5) is 20.3. The molecule has 0 bridgehead atoms. The molecule has 6 heteroatoms. The summed E-state index contributed by atoms with van der Waals surface area (Å²) in [5.41, 5.74) is 2.21. The molecule has 3 heterocycles. The SMILES string of the molecule is CC(=O)C[C@@H](C)c1ccc(O[C@@H]2CCN(c3ccnc(N4CCC4)c3Cl)C2)cc1. The van der Waals surface area contributed by atoms with Gasteiger partial charge >= 0.3 is 0 Å². The van der Waals surface area contributed by atoms with Crippen molar-refractivity contribution >= 4 is 28.9 Å². The predicted octanol–water partition coefficient (Wildman–Crippen LogP) is 4.69. The first-order valence-electron chi connectivity index (χ1n) is 10.4. The van der Waals surface area contributed by atoms with Crippen molar-refractivity contribution < 1.29 is 9.53 Å². The molecule has 0 amide bonds. The van der Waals surface area contributed by atoms with Crippen LogP contribution >= 0.6 is 11.6 Å². The maximum absolute atomic E-state index is 11.3. The van der Waals surface area contributed by atoms with E-state index in [2.05, 4.69) is 33.8 Å². The molecule has 0 aliphatic carbocycles. The van der Waals surface area contributed by atoms with Gasteiger partial charge in [0.1, 0.15) is 28.5 Å². The number of ether oxygens (including phenoxy) is 1. The first-order valence-corrected chi connectivity index (χ1v) is 10.8. The highest BCUT2D eigenvalue weighted by molar-refractivity contribution is 6.35. The van der Waals surface area contributed by atoms with Crippen molar-refractivity contribution in [3.63, 3.8) is 0 Å². The van der Waals surface area contributed by atoms with Gasteiger partial charge < -0.3 is 19.3 Å². The van der Waals surface area contributed by atoms with Gasteiger partial charge in [0.2, 0.25) is 0 Å². The summed E-state index contributed by atoms with van der Waals surface area (Å²) in [5, 5.41) is 0.747. The van der Waals surface area contributed by atoms with Crippen LogP contribution in [0.4, 0.5) is 11.5 Å². The largest absolute Gasteiger partial charge is 0.489 e. The van der Waals surface area contributed by atoms with Gasteiger partial charge in [-0.15, -0.1) is 0 Å². The molecule has 2 atom stereocenters. The maximum atomic E-state index is 11.3. The van der Waals surface area contributed by atoms with Crippen molar-refractivity contribution in [2.75, 3.05) is 36.0 Å². The predicted molar refractivity (Wildman–Crippen MR) is 117 cm³/mol. The summed E-state index contributed by atoms with van der Waals surface area (Å²) in [7, 11) is 0. The number of pyridine rings is 1. The van der Waals surface area contributed by atoms with Gasteiger partial charge in [-0.3, -0.25) is 0 Å². The molecule has 4 rings (SSSR count). The Morgan fingerprint density at radius 3 is 2.62 bits per heavy atom. The van der Waals surface area contributed by atoms with Gasteiger partial charge in [-0.25, -0.2) is 4.98 Å². The molecule has 0 N–H and O–H groups in total. The van der Waals surface area contributed by atoms with E-state index in [1.165, 1.54) is 12.0 Å². The van der Waals surface area contributed by atoms with Crippen molar-refractivity contribution in [3.8, 4) is 5.75 Å². The van der Waals surface area contributed by atoms with E-state index in [-0.39, 0.29) is 17.8 Å². The highest BCUT2D eigenvalue weighted by atomic mass is 35.5. The van der Waals surface area contributed by atoms with E-state index < -0.39 is 0 Å². The van der Waals surface area contributed by atoms with Crippen LogP contribution in [0, 0.1) is 0 Å². The lowest BCUT2D eigenvalue weighted by molar-refractivity contribution is -0.117. The monoisotopic (exact) mass is 413 g/mol.